The summed E-state index contributed by atoms with van der Waals surface area (Å²) in [6, 6.07) is 16.9. The van der Waals surface area contributed by atoms with E-state index < -0.39 is 5.97 Å². The van der Waals surface area contributed by atoms with E-state index in [1.54, 1.807) is 18.2 Å². The molecule has 0 saturated heterocycles. The van der Waals surface area contributed by atoms with Gasteiger partial charge in [-0.25, -0.2) is 4.68 Å². The highest BCUT2D eigenvalue weighted by molar-refractivity contribution is 6.30. The Hall–Kier alpha value is -3.38. The van der Waals surface area contributed by atoms with Gasteiger partial charge in [0.15, 0.2) is 0 Å². The van der Waals surface area contributed by atoms with Crippen LogP contribution in [0.4, 0.5) is 0 Å². The molecule has 0 N–H and O–H groups in total. The normalized spacial score (nSPS) is 11.0. The number of carbonyl (C=O) groups excluding carboxylic acids is 2. The Morgan fingerprint density at radius 1 is 1.10 bits per heavy atom. The molecule has 1 heterocycles. The maximum absolute atomic E-state index is 12.9. The first-order valence-corrected chi connectivity index (χ1v) is 10.2. The van der Waals surface area contributed by atoms with E-state index >= 15 is 0 Å². The Bertz CT molecular complexity index is 1090. The van der Waals surface area contributed by atoms with Crippen LogP contribution in [0.2, 0.25) is 5.02 Å². The first-order chi connectivity index (χ1) is 14.9. The van der Waals surface area contributed by atoms with Crippen LogP contribution in [0.5, 0.6) is 0 Å². The van der Waals surface area contributed by atoms with Crippen molar-refractivity contribution in [1.82, 2.24) is 14.7 Å². The van der Waals surface area contributed by atoms with Crippen molar-refractivity contribution >= 4 is 29.6 Å². The van der Waals surface area contributed by atoms with Gasteiger partial charge in [-0.1, -0.05) is 41.9 Å². The number of benzene rings is 2. The predicted molar refractivity (Wildman–Crippen MR) is 121 cm³/mol. The lowest BCUT2D eigenvalue weighted by Gasteiger charge is -2.20. The summed E-state index contributed by atoms with van der Waals surface area (Å²) in [6.07, 6.45) is 3.21. The number of methoxy groups -OCH3 is 1. The van der Waals surface area contributed by atoms with Crippen LogP contribution in [-0.2, 0) is 20.9 Å². The maximum atomic E-state index is 12.9. The van der Waals surface area contributed by atoms with Gasteiger partial charge in [-0.2, -0.15) is 5.10 Å². The van der Waals surface area contributed by atoms with E-state index in [0.717, 1.165) is 28.2 Å². The van der Waals surface area contributed by atoms with Gasteiger partial charge < -0.3 is 9.64 Å². The molecule has 31 heavy (non-hydrogen) atoms. The molecule has 0 atom stereocenters. The number of amides is 1. The van der Waals surface area contributed by atoms with Gasteiger partial charge in [-0.05, 0) is 49.8 Å². The van der Waals surface area contributed by atoms with E-state index in [2.05, 4.69) is 5.10 Å². The van der Waals surface area contributed by atoms with Crippen molar-refractivity contribution in [2.24, 2.45) is 0 Å². The van der Waals surface area contributed by atoms with Crippen molar-refractivity contribution in [3.63, 3.8) is 0 Å². The lowest BCUT2D eigenvalue weighted by Crippen LogP contribution is -2.34. The van der Waals surface area contributed by atoms with Crippen LogP contribution >= 0.6 is 11.6 Å². The Labute approximate surface area is 186 Å². The second kappa shape index (κ2) is 10.1. The van der Waals surface area contributed by atoms with Crippen molar-refractivity contribution in [1.29, 1.82) is 0 Å². The molecular weight excluding hydrogens is 414 g/mol. The number of hydrogen-bond acceptors (Lipinski definition) is 4. The van der Waals surface area contributed by atoms with Gasteiger partial charge in [0.1, 0.15) is 6.54 Å². The first-order valence-electron chi connectivity index (χ1n) is 9.79. The smallest absolute Gasteiger partial charge is 0.325 e. The van der Waals surface area contributed by atoms with Crippen LogP contribution in [0, 0.1) is 13.8 Å². The fourth-order valence-electron chi connectivity index (χ4n) is 3.22. The molecule has 0 bridgehead atoms. The van der Waals surface area contributed by atoms with E-state index in [9.17, 15) is 9.59 Å². The molecule has 1 amide bonds. The summed E-state index contributed by atoms with van der Waals surface area (Å²) in [7, 11) is 1.30. The minimum Gasteiger partial charge on any atom is -0.468 e. The Kier molecular flexibility index (Phi) is 7.26. The van der Waals surface area contributed by atoms with E-state index in [1.165, 1.54) is 18.1 Å². The largest absolute Gasteiger partial charge is 0.468 e. The van der Waals surface area contributed by atoms with Gasteiger partial charge in [-0.3, -0.25) is 9.59 Å². The fourth-order valence-corrected chi connectivity index (χ4v) is 3.34. The van der Waals surface area contributed by atoms with Crippen LogP contribution in [-0.4, -0.2) is 40.2 Å². The summed E-state index contributed by atoms with van der Waals surface area (Å²) < 4.78 is 6.60. The van der Waals surface area contributed by atoms with E-state index in [0.29, 0.717) is 5.02 Å². The summed E-state index contributed by atoms with van der Waals surface area (Å²) in [4.78, 5) is 26.2. The van der Waals surface area contributed by atoms with Gasteiger partial charge >= 0.3 is 5.97 Å². The number of ether oxygens (including phenoxy) is 1. The molecule has 0 spiro atoms. The molecule has 0 radical (unpaired) electrons. The highest BCUT2D eigenvalue weighted by Gasteiger charge is 2.17. The third-order valence-corrected chi connectivity index (χ3v) is 5.14. The minimum atomic E-state index is -0.486. The lowest BCUT2D eigenvalue weighted by atomic mass is 10.1. The maximum Gasteiger partial charge on any atom is 0.325 e. The van der Waals surface area contributed by atoms with E-state index in [-0.39, 0.29) is 19.0 Å². The molecule has 3 rings (SSSR count). The monoisotopic (exact) mass is 437 g/mol. The van der Waals surface area contributed by atoms with Crippen molar-refractivity contribution in [2.45, 2.75) is 20.4 Å². The lowest BCUT2D eigenvalue weighted by molar-refractivity contribution is -0.145. The molecule has 0 saturated carbocycles. The summed E-state index contributed by atoms with van der Waals surface area (Å²) in [5.41, 5.74) is 4.40. The molecule has 2 aromatic carbocycles. The fraction of sp³-hybridized carbons (Fsp3) is 0.208. The number of esters is 1. The zero-order valence-electron chi connectivity index (χ0n) is 17.7. The number of carbonyl (C=O) groups is 2. The van der Waals surface area contributed by atoms with E-state index in [1.807, 2.05) is 61.0 Å². The highest BCUT2D eigenvalue weighted by atomic mass is 35.5. The third kappa shape index (κ3) is 5.61. The summed E-state index contributed by atoms with van der Waals surface area (Å²) in [6.45, 7) is 3.97. The molecular formula is C24H24ClN3O3. The average Bonchev–Trinajstić information content (AvgIpc) is 3.06. The Morgan fingerprint density at radius 2 is 1.77 bits per heavy atom. The zero-order chi connectivity index (χ0) is 22.4. The van der Waals surface area contributed by atoms with Crippen LogP contribution in [0.25, 0.3) is 11.8 Å². The number of nitrogens with zero attached hydrogens (tertiary/aromatic N) is 3. The molecule has 6 nitrogen and oxygen atoms in total. The summed E-state index contributed by atoms with van der Waals surface area (Å²) in [5.74, 6) is -0.786. The number of aryl methyl sites for hydroxylation is 1. The van der Waals surface area contributed by atoms with Crippen LogP contribution in [0.1, 0.15) is 22.5 Å². The van der Waals surface area contributed by atoms with E-state index in [4.69, 9.17) is 16.3 Å². The SMILES string of the molecule is COC(=O)CN(Cc1ccc(Cl)cc1)C(=O)C=Cc1c(C)nn(-c2ccccc2)c1C. The van der Waals surface area contributed by atoms with Crippen molar-refractivity contribution in [2.75, 3.05) is 13.7 Å². The average molecular weight is 438 g/mol. The quantitative estimate of drug-likeness (QED) is 0.407. The summed E-state index contributed by atoms with van der Waals surface area (Å²) in [5, 5.41) is 5.20. The van der Waals surface area contributed by atoms with Gasteiger partial charge in [0.05, 0.1) is 18.5 Å². The van der Waals surface area contributed by atoms with Crippen LogP contribution < -0.4 is 0 Å². The third-order valence-electron chi connectivity index (χ3n) is 4.89. The highest BCUT2D eigenvalue weighted by Crippen LogP contribution is 2.19. The second-order valence-electron chi connectivity index (χ2n) is 7.06. The molecule has 0 aliphatic heterocycles. The zero-order valence-corrected chi connectivity index (χ0v) is 18.5. The Balaban J connectivity index is 1.83. The Morgan fingerprint density at radius 3 is 2.42 bits per heavy atom. The number of hydrogen-bond donors (Lipinski definition) is 0. The number of para-hydroxylation sites is 1. The predicted octanol–water partition coefficient (Wildman–Crippen LogP) is 4.36. The van der Waals surface area contributed by atoms with Crippen molar-refractivity contribution in [3.8, 4) is 5.69 Å². The molecule has 0 unspecified atom stereocenters. The molecule has 3 aromatic rings. The minimum absolute atomic E-state index is 0.149. The van der Waals surface area contributed by atoms with Crippen molar-refractivity contribution in [3.05, 3.63) is 88.2 Å². The number of aromatic nitrogens is 2. The topological polar surface area (TPSA) is 64.4 Å². The molecule has 0 fully saturated rings. The van der Waals surface area contributed by atoms with Gasteiger partial charge in [0, 0.05) is 28.9 Å². The van der Waals surface area contributed by atoms with Gasteiger partial charge in [0.2, 0.25) is 5.91 Å². The summed E-state index contributed by atoms with van der Waals surface area (Å²) >= 11 is 5.94. The van der Waals surface area contributed by atoms with Crippen molar-refractivity contribution < 1.29 is 14.3 Å². The number of halogens is 1. The molecule has 0 aliphatic rings. The molecule has 1 aromatic heterocycles. The standard InChI is InChI=1S/C24H24ClN3O3/c1-17-22(18(2)28(26-17)21-7-5-4-6-8-21)13-14-23(29)27(16-24(30)31-3)15-19-9-11-20(25)12-10-19/h4-14H,15-16H2,1-3H3. The molecule has 0 aliphatic carbocycles. The number of rotatable bonds is 7. The van der Waals surface area contributed by atoms with Gasteiger partial charge in [-0.15, -0.1) is 0 Å². The van der Waals surface area contributed by atoms with Crippen LogP contribution in [0.3, 0.4) is 0 Å². The molecule has 7 heteroatoms. The second-order valence-corrected chi connectivity index (χ2v) is 7.50. The van der Waals surface area contributed by atoms with Gasteiger partial charge in [0.25, 0.3) is 0 Å². The first kappa shape index (κ1) is 22.3. The molecule has 160 valence electrons. The van der Waals surface area contributed by atoms with Crippen LogP contribution in [0.15, 0.2) is 60.7 Å².